The number of methoxy groups -OCH3 is 1. The third-order valence-corrected chi connectivity index (χ3v) is 5.37. The number of benzene rings is 1. The molecule has 0 aliphatic rings. The fourth-order valence-electron chi connectivity index (χ4n) is 3.17. The molecule has 0 spiro atoms. The monoisotopic (exact) mass is 520 g/mol. The van der Waals surface area contributed by atoms with Crippen LogP contribution in [0.5, 0.6) is 11.5 Å². The number of anilines is 2. The van der Waals surface area contributed by atoms with Gasteiger partial charge in [-0.3, -0.25) is 9.20 Å². The highest BCUT2D eigenvalue weighted by molar-refractivity contribution is 7.98. The summed E-state index contributed by atoms with van der Waals surface area (Å²) in [6, 6.07) is 5.19. The minimum atomic E-state index is -1.09. The van der Waals surface area contributed by atoms with E-state index in [4.69, 9.17) is 29.8 Å². The van der Waals surface area contributed by atoms with Gasteiger partial charge in [-0.05, 0) is 6.26 Å². The highest BCUT2D eigenvalue weighted by Crippen LogP contribution is 2.31. The molecule has 3 aromatic rings. The van der Waals surface area contributed by atoms with E-state index in [1.54, 1.807) is 35.0 Å². The molecule has 0 bridgehead atoms. The van der Waals surface area contributed by atoms with Gasteiger partial charge in [-0.15, -0.1) is 0 Å². The first-order valence-corrected chi connectivity index (χ1v) is 12.1. The Bertz CT molecular complexity index is 1190. The quantitative estimate of drug-likeness (QED) is 0.131. The van der Waals surface area contributed by atoms with E-state index in [0.29, 0.717) is 47.8 Å². The fourth-order valence-corrected chi connectivity index (χ4v) is 3.69. The van der Waals surface area contributed by atoms with Crippen LogP contribution in [0, 0.1) is 0 Å². The van der Waals surface area contributed by atoms with E-state index in [0.717, 1.165) is 0 Å². The number of primary amides is 1. The Morgan fingerprint density at radius 2 is 1.83 bits per heavy atom. The molecular weight excluding hydrogens is 492 g/mol. The van der Waals surface area contributed by atoms with Crippen molar-refractivity contribution in [3.63, 3.8) is 0 Å². The molecule has 0 aliphatic heterocycles. The maximum Gasteiger partial charge on any atom is 0.404 e. The molecule has 0 unspecified atom stereocenters. The van der Waals surface area contributed by atoms with Gasteiger partial charge in [-0.25, -0.2) is 14.8 Å². The first kappa shape index (κ1) is 26.8. The number of hydrogen-bond donors (Lipinski definition) is 4. The maximum absolute atomic E-state index is 12.2. The van der Waals surface area contributed by atoms with Gasteiger partial charge in [0, 0.05) is 42.8 Å². The van der Waals surface area contributed by atoms with E-state index in [1.165, 1.54) is 18.9 Å². The van der Waals surface area contributed by atoms with Crippen molar-refractivity contribution in [1.29, 1.82) is 0 Å². The number of rotatable bonds is 15. The van der Waals surface area contributed by atoms with E-state index < -0.39 is 12.0 Å². The average Bonchev–Trinajstić information content (AvgIpc) is 3.33. The Labute approximate surface area is 211 Å². The number of carboxylic acid groups (broad SMARTS) is 1. The zero-order valence-electron chi connectivity index (χ0n) is 19.9. The van der Waals surface area contributed by atoms with Crippen LogP contribution >= 0.6 is 11.8 Å². The summed E-state index contributed by atoms with van der Waals surface area (Å²) < 4.78 is 23.6. The number of carbonyl (C=O) groups is 2. The lowest BCUT2D eigenvalue weighted by molar-refractivity contribution is 0.0373. The molecule has 5 N–H and O–H groups in total. The summed E-state index contributed by atoms with van der Waals surface area (Å²) in [6.07, 6.45) is 4.08. The number of ether oxygens (including phenoxy) is 4. The van der Waals surface area contributed by atoms with Crippen LogP contribution < -0.4 is 25.8 Å². The van der Waals surface area contributed by atoms with Gasteiger partial charge in [-0.2, -0.15) is 0 Å². The summed E-state index contributed by atoms with van der Waals surface area (Å²) in [5.74, 6) is 0.662. The molecule has 0 aliphatic carbocycles. The van der Waals surface area contributed by atoms with Crippen LogP contribution in [0.15, 0.2) is 35.7 Å². The number of amides is 2. The molecule has 2 amide bonds. The number of aromatic nitrogens is 3. The number of nitrogens with two attached hydrogens (primary N) is 1. The Hall–Kier alpha value is -3.75. The number of nitrogens with zero attached hydrogens (tertiary/aromatic N) is 3. The van der Waals surface area contributed by atoms with Gasteiger partial charge in [0.2, 0.25) is 0 Å². The van der Waals surface area contributed by atoms with Crippen molar-refractivity contribution in [3.8, 4) is 11.5 Å². The highest BCUT2D eigenvalue weighted by atomic mass is 32.2. The predicted octanol–water partition coefficient (Wildman–Crippen LogP) is 1.98. The largest absolute Gasteiger partial charge is 0.497 e. The van der Waals surface area contributed by atoms with Gasteiger partial charge >= 0.3 is 6.09 Å². The fraction of sp³-hybridized carbons (Fsp3) is 0.364. The lowest BCUT2D eigenvalue weighted by Crippen LogP contribution is -2.25. The van der Waals surface area contributed by atoms with Crippen LogP contribution in [-0.2, 0) is 9.47 Å². The lowest BCUT2D eigenvalue weighted by atomic mass is 10.2. The van der Waals surface area contributed by atoms with Gasteiger partial charge in [0.1, 0.15) is 29.5 Å². The van der Waals surface area contributed by atoms with Gasteiger partial charge in [-0.1, -0.05) is 11.8 Å². The molecule has 14 heteroatoms. The van der Waals surface area contributed by atoms with E-state index in [1.807, 2.05) is 6.26 Å². The van der Waals surface area contributed by atoms with E-state index in [2.05, 4.69) is 20.6 Å². The second-order valence-corrected chi connectivity index (χ2v) is 7.91. The zero-order valence-corrected chi connectivity index (χ0v) is 20.7. The number of imidazole rings is 1. The molecular formula is C22H28N6O7S. The topological polar surface area (TPSA) is 172 Å². The van der Waals surface area contributed by atoms with Crippen molar-refractivity contribution in [2.45, 2.75) is 5.16 Å². The summed E-state index contributed by atoms with van der Waals surface area (Å²) >= 11 is 1.40. The lowest BCUT2D eigenvalue weighted by Gasteiger charge is -2.15. The molecule has 13 nitrogen and oxygen atoms in total. The Kier molecular flexibility index (Phi) is 9.97. The van der Waals surface area contributed by atoms with Crippen LogP contribution in [0.2, 0.25) is 0 Å². The van der Waals surface area contributed by atoms with Crippen LogP contribution in [0.3, 0.4) is 0 Å². The normalized spacial score (nSPS) is 10.8. The summed E-state index contributed by atoms with van der Waals surface area (Å²) in [5.41, 5.74) is 6.79. The van der Waals surface area contributed by atoms with Crippen molar-refractivity contribution in [1.82, 2.24) is 19.7 Å². The Morgan fingerprint density at radius 3 is 2.53 bits per heavy atom. The molecule has 2 aromatic heterocycles. The Morgan fingerprint density at radius 1 is 1.11 bits per heavy atom. The van der Waals surface area contributed by atoms with E-state index in [9.17, 15) is 9.59 Å². The van der Waals surface area contributed by atoms with Crippen molar-refractivity contribution in [2.75, 3.05) is 58.3 Å². The second-order valence-electron chi connectivity index (χ2n) is 7.13. The van der Waals surface area contributed by atoms with Crippen LogP contribution in [0.1, 0.15) is 10.4 Å². The first-order chi connectivity index (χ1) is 17.4. The zero-order chi connectivity index (χ0) is 25.9. The van der Waals surface area contributed by atoms with Gasteiger partial charge in [0.25, 0.3) is 5.91 Å². The smallest absolute Gasteiger partial charge is 0.404 e. The second kappa shape index (κ2) is 13.4. The molecule has 0 saturated carbocycles. The minimum absolute atomic E-state index is 0.164. The molecule has 3 rings (SSSR count). The third-order valence-electron chi connectivity index (χ3n) is 4.71. The maximum atomic E-state index is 12.2. The summed E-state index contributed by atoms with van der Waals surface area (Å²) in [6.45, 7) is 1.76. The number of nitrogens with one attached hydrogen (secondary N) is 2. The molecule has 2 heterocycles. The van der Waals surface area contributed by atoms with Crippen LogP contribution in [0.4, 0.5) is 16.3 Å². The number of fused-ring (bicyclic) bond motifs is 1. The van der Waals surface area contributed by atoms with Crippen molar-refractivity contribution < 1.29 is 33.6 Å². The highest BCUT2D eigenvalue weighted by Gasteiger charge is 2.20. The van der Waals surface area contributed by atoms with Crippen LogP contribution in [-0.4, -0.2) is 84.4 Å². The molecule has 1 aromatic carbocycles. The Balaban J connectivity index is 1.60. The van der Waals surface area contributed by atoms with Crippen molar-refractivity contribution >= 4 is 40.9 Å². The standard InChI is InChI=1S/C22H28N6O7S/c1-32-15-11-14(12-16(13-15)35-10-9-34-8-7-33-6-4-25-22(30)31)26-19-17(18(23)29)20-24-3-5-28(20)21(27-19)36-2/h3,5,11-13,25-26H,4,6-10H2,1-2H3,(H2,23,29)(H,30,31). The van der Waals surface area contributed by atoms with Gasteiger partial charge < -0.3 is 40.4 Å². The first-order valence-electron chi connectivity index (χ1n) is 10.8. The van der Waals surface area contributed by atoms with Gasteiger partial charge in [0.05, 0.1) is 33.5 Å². The van der Waals surface area contributed by atoms with E-state index >= 15 is 0 Å². The third kappa shape index (κ3) is 7.37. The molecule has 0 radical (unpaired) electrons. The summed E-state index contributed by atoms with van der Waals surface area (Å²) in [4.78, 5) is 31.4. The molecule has 0 saturated heterocycles. The number of thioether (sulfide) groups is 1. The van der Waals surface area contributed by atoms with E-state index in [-0.39, 0.29) is 31.1 Å². The summed E-state index contributed by atoms with van der Waals surface area (Å²) in [7, 11) is 1.54. The van der Waals surface area contributed by atoms with Crippen molar-refractivity contribution in [3.05, 3.63) is 36.2 Å². The molecule has 194 valence electrons. The predicted molar refractivity (Wildman–Crippen MR) is 133 cm³/mol. The number of hydrogen-bond acceptors (Lipinski definition) is 10. The SMILES string of the molecule is COc1cc(Nc2nc(SC)n3ccnc3c2C(N)=O)cc(OCCOCCOCCNC(=O)O)c1. The van der Waals surface area contributed by atoms with Crippen molar-refractivity contribution in [2.24, 2.45) is 5.73 Å². The summed E-state index contributed by atoms with van der Waals surface area (Å²) in [5, 5.41) is 14.5. The average molecular weight is 521 g/mol. The minimum Gasteiger partial charge on any atom is -0.497 e. The molecule has 36 heavy (non-hydrogen) atoms. The molecule has 0 atom stereocenters. The molecule has 0 fully saturated rings. The number of carbonyl (C=O) groups excluding carboxylic acids is 1. The van der Waals surface area contributed by atoms with Gasteiger partial charge in [0.15, 0.2) is 10.8 Å². The van der Waals surface area contributed by atoms with Crippen LogP contribution in [0.25, 0.3) is 5.65 Å².